The molecule has 6 aromatic carbocycles. The van der Waals surface area contributed by atoms with Gasteiger partial charge in [0.25, 0.3) is 0 Å². The minimum atomic E-state index is 0.930. The van der Waals surface area contributed by atoms with E-state index in [2.05, 4.69) is 146 Å². The van der Waals surface area contributed by atoms with Crippen molar-refractivity contribution in [2.75, 3.05) is 0 Å². The summed E-state index contributed by atoms with van der Waals surface area (Å²) in [5.74, 6) is 0. The molecular formula is C37H26O. The van der Waals surface area contributed by atoms with E-state index in [1.165, 1.54) is 49.5 Å². The van der Waals surface area contributed by atoms with Crippen LogP contribution in [0.15, 0.2) is 132 Å². The van der Waals surface area contributed by atoms with E-state index in [0.717, 1.165) is 22.1 Å². The first-order valence-electron chi connectivity index (χ1n) is 13.0. The predicted octanol–water partition coefficient (Wildman–Crippen LogP) is 10.6. The molecule has 0 unspecified atom stereocenters. The maximum Gasteiger partial charge on any atom is 0.136 e. The SMILES string of the molecule is Cc1ccc2c(c1)oc1cc(-c3ccc(/C=C/c4ccc(-c5ccc6ccccc6c5)cc4)cc3)ccc12. The Labute approximate surface area is 222 Å². The van der Waals surface area contributed by atoms with Gasteiger partial charge in [0.15, 0.2) is 0 Å². The largest absolute Gasteiger partial charge is 0.456 e. The van der Waals surface area contributed by atoms with Gasteiger partial charge in [-0.15, -0.1) is 0 Å². The zero-order valence-electron chi connectivity index (χ0n) is 21.2. The third-order valence-corrected chi connectivity index (χ3v) is 7.33. The summed E-state index contributed by atoms with van der Waals surface area (Å²) < 4.78 is 6.15. The Morgan fingerprint density at radius 2 is 0.974 bits per heavy atom. The van der Waals surface area contributed by atoms with Gasteiger partial charge in [-0.2, -0.15) is 0 Å². The van der Waals surface area contributed by atoms with E-state index in [1.54, 1.807) is 0 Å². The second-order valence-electron chi connectivity index (χ2n) is 9.95. The lowest BCUT2D eigenvalue weighted by molar-refractivity contribution is 0.668. The van der Waals surface area contributed by atoms with Gasteiger partial charge in [0, 0.05) is 10.8 Å². The Kier molecular flexibility index (Phi) is 5.41. The molecule has 0 spiro atoms. The van der Waals surface area contributed by atoms with Crippen molar-refractivity contribution in [2.45, 2.75) is 6.92 Å². The van der Waals surface area contributed by atoms with Gasteiger partial charge < -0.3 is 4.42 Å². The van der Waals surface area contributed by atoms with Gasteiger partial charge in [0.05, 0.1) is 0 Å². The number of aryl methyl sites for hydroxylation is 1. The van der Waals surface area contributed by atoms with E-state index in [-0.39, 0.29) is 0 Å². The summed E-state index contributed by atoms with van der Waals surface area (Å²) in [4.78, 5) is 0. The Hall–Kier alpha value is -4.88. The van der Waals surface area contributed by atoms with Crippen molar-refractivity contribution in [2.24, 2.45) is 0 Å². The highest BCUT2D eigenvalue weighted by Crippen LogP contribution is 2.33. The first kappa shape index (κ1) is 22.3. The van der Waals surface area contributed by atoms with Crippen molar-refractivity contribution in [3.8, 4) is 22.3 Å². The number of rotatable bonds is 4. The quantitative estimate of drug-likeness (QED) is 0.226. The molecule has 1 aromatic heterocycles. The van der Waals surface area contributed by atoms with Crippen LogP contribution >= 0.6 is 0 Å². The third kappa shape index (κ3) is 4.19. The predicted molar refractivity (Wildman–Crippen MR) is 162 cm³/mol. The molecule has 0 saturated carbocycles. The summed E-state index contributed by atoms with van der Waals surface area (Å²) in [5, 5.41) is 4.87. The molecule has 38 heavy (non-hydrogen) atoms. The van der Waals surface area contributed by atoms with E-state index in [1.807, 2.05) is 0 Å². The number of hydrogen-bond donors (Lipinski definition) is 0. The molecule has 7 aromatic rings. The lowest BCUT2D eigenvalue weighted by Gasteiger charge is -2.05. The molecule has 180 valence electrons. The molecular weight excluding hydrogens is 460 g/mol. The number of fused-ring (bicyclic) bond motifs is 4. The molecule has 0 fully saturated rings. The van der Waals surface area contributed by atoms with E-state index < -0.39 is 0 Å². The van der Waals surface area contributed by atoms with Gasteiger partial charge >= 0.3 is 0 Å². The van der Waals surface area contributed by atoms with Crippen molar-refractivity contribution in [3.05, 3.63) is 144 Å². The third-order valence-electron chi connectivity index (χ3n) is 7.33. The van der Waals surface area contributed by atoms with Crippen molar-refractivity contribution < 1.29 is 4.42 Å². The summed E-state index contributed by atoms with van der Waals surface area (Å²) in [6.07, 6.45) is 4.33. The number of furan rings is 1. The van der Waals surface area contributed by atoms with Gasteiger partial charge in [0.1, 0.15) is 11.2 Å². The minimum absolute atomic E-state index is 0.930. The standard InChI is InChI=1S/C37H26O/c1-25-6-20-34-35-21-19-33(24-37(35)38-36(34)22-25)30-15-11-27(12-16-30)8-7-26-9-13-29(14-10-26)32-18-17-28-4-2-3-5-31(28)23-32/h2-24H,1H3/b8-7+. The molecule has 0 atom stereocenters. The molecule has 0 aliphatic heterocycles. The summed E-state index contributed by atoms with van der Waals surface area (Å²) in [6.45, 7) is 2.09. The summed E-state index contributed by atoms with van der Waals surface area (Å²) in [5.41, 5.74) is 10.3. The molecule has 0 N–H and O–H groups in total. The zero-order valence-corrected chi connectivity index (χ0v) is 21.2. The van der Waals surface area contributed by atoms with Gasteiger partial charge in [0.2, 0.25) is 0 Å². The van der Waals surface area contributed by atoms with Crippen LogP contribution in [0, 0.1) is 6.92 Å². The monoisotopic (exact) mass is 486 g/mol. The Morgan fingerprint density at radius 3 is 1.66 bits per heavy atom. The molecule has 0 aliphatic carbocycles. The first-order valence-corrected chi connectivity index (χ1v) is 13.0. The fourth-order valence-corrected chi connectivity index (χ4v) is 5.20. The fourth-order valence-electron chi connectivity index (χ4n) is 5.20. The van der Waals surface area contributed by atoms with Crippen molar-refractivity contribution in [1.82, 2.24) is 0 Å². The molecule has 0 amide bonds. The number of hydrogen-bond acceptors (Lipinski definition) is 1. The summed E-state index contributed by atoms with van der Waals surface area (Å²) >= 11 is 0. The van der Waals surface area contributed by atoms with Crippen LogP contribution in [0.3, 0.4) is 0 Å². The molecule has 1 heterocycles. The average Bonchev–Trinajstić information content (AvgIpc) is 3.33. The van der Waals surface area contributed by atoms with Crippen LogP contribution < -0.4 is 0 Å². The molecule has 0 bridgehead atoms. The molecule has 0 saturated heterocycles. The lowest BCUT2D eigenvalue weighted by Crippen LogP contribution is -1.80. The van der Waals surface area contributed by atoms with Gasteiger partial charge in [-0.3, -0.25) is 0 Å². The maximum atomic E-state index is 6.15. The average molecular weight is 487 g/mol. The summed E-state index contributed by atoms with van der Waals surface area (Å²) in [6, 6.07) is 45.5. The highest BCUT2D eigenvalue weighted by Gasteiger charge is 2.08. The second kappa shape index (κ2) is 9.21. The van der Waals surface area contributed by atoms with Crippen LogP contribution in [-0.4, -0.2) is 0 Å². The smallest absolute Gasteiger partial charge is 0.136 e. The fraction of sp³-hybridized carbons (Fsp3) is 0.0270. The van der Waals surface area contributed by atoms with Crippen LogP contribution in [0.25, 0.3) is 67.1 Å². The van der Waals surface area contributed by atoms with Crippen molar-refractivity contribution >= 4 is 44.9 Å². The Bertz CT molecular complexity index is 1950. The van der Waals surface area contributed by atoms with E-state index >= 15 is 0 Å². The first-order chi connectivity index (χ1) is 18.7. The highest BCUT2D eigenvalue weighted by molar-refractivity contribution is 6.06. The van der Waals surface area contributed by atoms with Crippen molar-refractivity contribution in [3.63, 3.8) is 0 Å². The van der Waals surface area contributed by atoms with Crippen molar-refractivity contribution in [1.29, 1.82) is 0 Å². The van der Waals surface area contributed by atoms with E-state index in [9.17, 15) is 0 Å². The summed E-state index contributed by atoms with van der Waals surface area (Å²) in [7, 11) is 0. The zero-order chi connectivity index (χ0) is 25.5. The molecule has 1 heteroatoms. The highest BCUT2D eigenvalue weighted by atomic mass is 16.3. The minimum Gasteiger partial charge on any atom is -0.456 e. The Balaban J connectivity index is 1.09. The molecule has 1 nitrogen and oxygen atoms in total. The van der Waals surface area contributed by atoms with E-state index in [4.69, 9.17) is 4.42 Å². The number of benzene rings is 6. The molecule has 7 rings (SSSR count). The molecule has 0 radical (unpaired) electrons. The Morgan fingerprint density at radius 1 is 0.447 bits per heavy atom. The van der Waals surface area contributed by atoms with Gasteiger partial charge in [-0.1, -0.05) is 115 Å². The van der Waals surface area contributed by atoms with E-state index in [0.29, 0.717) is 0 Å². The lowest BCUT2D eigenvalue weighted by atomic mass is 10.00. The van der Waals surface area contributed by atoms with Crippen LogP contribution in [0.4, 0.5) is 0 Å². The van der Waals surface area contributed by atoms with Crippen LogP contribution in [0.2, 0.25) is 0 Å². The molecule has 0 aliphatic rings. The second-order valence-corrected chi connectivity index (χ2v) is 9.95. The maximum absolute atomic E-state index is 6.15. The van der Waals surface area contributed by atoms with Gasteiger partial charge in [-0.05, 0) is 80.9 Å². The van der Waals surface area contributed by atoms with Crippen LogP contribution in [0.5, 0.6) is 0 Å². The topological polar surface area (TPSA) is 13.1 Å². The normalized spacial score (nSPS) is 11.7. The van der Waals surface area contributed by atoms with Crippen LogP contribution in [0.1, 0.15) is 16.7 Å². The van der Waals surface area contributed by atoms with Gasteiger partial charge in [-0.25, -0.2) is 0 Å². The van der Waals surface area contributed by atoms with Crippen LogP contribution in [-0.2, 0) is 0 Å².